The van der Waals surface area contributed by atoms with Gasteiger partial charge in [0.05, 0.1) is 12.0 Å². The predicted molar refractivity (Wildman–Crippen MR) is 80.5 cm³/mol. The Hall–Kier alpha value is -1.35. The molecule has 4 atom stereocenters. The van der Waals surface area contributed by atoms with Crippen molar-refractivity contribution in [3.63, 3.8) is 0 Å². The summed E-state index contributed by atoms with van der Waals surface area (Å²) in [6, 6.07) is 8.72. The normalized spacial score (nSPS) is 33.1. The van der Waals surface area contributed by atoms with E-state index in [0.717, 1.165) is 19.5 Å². The number of benzene rings is 1. The van der Waals surface area contributed by atoms with Gasteiger partial charge >= 0.3 is 0 Å². The lowest BCUT2D eigenvalue weighted by molar-refractivity contribution is -0.126. The monoisotopic (exact) mass is 272 g/mol. The highest BCUT2D eigenvalue weighted by Gasteiger charge is 2.36. The summed E-state index contributed by atoms with van der Waals surface area (Å²) in [5, 5.41) is 3.29. The molecule has 108 valence electrons. The van der Waals surface area contributed by atoms with Crippen LogP contribution in [0, 0.1) is 11.8 Å². The van der Waals surface area contributed by atoms with Crippen molar-refractivity contribution in [1.29, 1.82) is 0 Å². The number of rotatable bonds is 2. The minimum Gasteiger partial charge on any atom is -0.349 e. The third-order valence-electron chi connectivity index (χ3n) is 4.94. The van der Waals surface area contributed by atoms with E-state index in [9.17, 15) is 4.79 Å². The standard InChI is InChI=1S/C17H24N2O/c1-11-8-16(14-7-5-4-6-13(11)14)18-17(20)15-10-19(3)9-12(15)2/h4-7,11-12,15-16H,8-10H2,1-3H3,(H,18,20)/t11-,12-,15-,16+/m1/s1. The van der Waals surface area contributed by atoms with E-state index in [1.165, 1.54) is 11.1 Å². The smallest absolute Gasteiger partial charge is 0.225 e. The maximum Gasteiger partial charge on any atom is 0.225 e. The first-order valence-electron chi connectivity index (χ1n) is 7.64. The van der Waals surface area contributed by atoms with E-state index in [0.29, 0.717) is 11.8 Å². The van der Waals surface area contributed by atoms with Gasteiger partial charge in [-0.25, -0.2) is 0 Å². The fourth-order valence-corrected chi connectivity index (χ4v) is 3.85. The zero-order chi connectivity index (χ0) is 14.3. The third kappa shape index (κ3) is 2.35. The van der Waals surface area contributed by atoms with E-state index in [2.05, 4.69) is 55.4 Å². The van der Waals surface area contributed by atoms with Gasteiger partial charge < -0.3 is 10.2 Å². The van der Waals surface area contributed by atoms with Gasteiger partial charge in [-0.05, 0) is 36.4 Å². The molecule has 0 saturated carbocycles. The van der Waals surface area contributed by atoms with Crippen LogP contribution in [-0.2, 0) is 4.79 Å². The summed E-state index contributed by atoms with van der Waals surface area (Å²) in [5.41, 5.74) is 2.71. The van der Waals surface area contributed by atoms with Gasteiger partial charge in [0.15, 0.2) is 0 Å². The predicted octanol–water partition coefficient (Wildman–Crippen LogP) is 2.55. The lowest BCUT2D eigenvalue weighted by atomic mass is 9.96. The first kappa shape index (κ1) is 13.6. The molecule has 0 radical (unpaired) electrons. The second kappa shape index (κ2) is 5.21. The SMILES string of the molecule is C[C@@H]1C[C@H](NC(=O)[C@@H]2CN(C)C[C@H]2C)c2ccccc21. The number of carbonyl (C=O) groups excluding carboxylic acids is 1. The maximum atomic E-state index is 12.5. The van der Waals surface area contributed by atoms with E-state index < -0.39 is 0 Å². The molecule has 1 saturated heterocycles. The van der Waals surface area contributed by atoms with Gasteiger partial charge in [-0.15, -0.1) is 0 Å². The van der Waals surface area contributed by atoms with Crippen molar-refractivity contribution in [1.82, 2.24) is 10.2 Å². The maximum absolute atomic E-state index is 12.5. The van der Waals surface area contributed by atoms with Crippen molar-refractivity contribution < 1.29 is 4.79 Å². The largest absolute Gasteiger partial charge is 0.349 e. The number of nitrogens with one attached hydrogen (secondary N) is 1. The molecule has 0 aromatic heterocycles. The van der Waals surface area contributed by atoms with E-state index >= 15 is 0 Å². The van der Waals surface area contributed by atoms with Crippen LogP contribution in [0.25, 0.3) is 0 Å². The van der Waals surface area contributed by atoms with E-state index in [4.69, 9.17) is 0 Å². The molecule has 0 unspecified atom stereocenters. The minimum absolute atomic E-state index is 0.142. The number of hydrogen-bond acceptors (Lipinski definition) is 2. The lowest BCUT2D eigenvalue weighted by Gasteiger charge is -2.19. The summed E-state index contributed by atoms with van der Waals surface area (Å²) >= 11 is 0. The zero-order valence-corrected chi connectivity index (χ0v) is 12.6. The number of carbonyl (C=O) groups is 1. The average Bonchev–Trinajstić information content (AvgIpc) is 2.91. The van der Waals surface area contributed by atoms with Crippen LogP contribution >= 0.6 is 0 Å². The highest BCUT2D eigenvalue weighted by molar-refractivity contribution is 5.80. The second-order valence-electron chi connectivity index (χ2n) is 6.63. The van der Waals surface area contributed by atoms with Gasteiger partial charge in [0.25, 0.3) is 0 Å². The Morgan fingerprint density at radius 1 is 1.20 bits per heavy atom. The molecule has 1 aliphatic heterocycles. The molecule has 0 bridgehead atoms. The third-order valence-corrected chi connectivity index (χ3v) is 4.94. The Morgan fingerprint density at radius 2 is 1.90 bits per heavy atom. The van der Waals surface area contributed by atoms with E-state index in [-0.39, 0.29) is 17.9 Å². The lowest BCUT2D eigenvalue weighted by Crippen LogP contribution is -2.36. The van der Waals surface area contributed by atoms with Crippen molar-refractivity contribution in [2.75, 3.05) is 20.1 Å². The molecule has 3 heteroatoms. The van der Waals surface area contributed by atoms with Crippen LogP contribution in [0.3, 0.4) is 0 Å². The van der Waals surface area contributed by atoms with E-state index in [1.54, 1.807) is 0 Å². The first-order valence-corrected chi connectivity index (χ1v) is 7.64. The fourth-order valence-electron chi connectivity index (χ4n) is 3.85. The summed E-state index contributed by atoms with van der Waals surface area (Å²) in [5.74, 6) is 1.37. The van der Waals surface area contributed by atoms with Crippen LogP contribution in [0.2, 0.25) is 0 Å². The van der Waals surface area contributed by atoms with Gasteiger partial charge in [-0.3, -0.25) is 4.79 Å². The summed E-state index contributed by atoms with van der Waals surface area (Å²) in [7, 11) is 2.09. The van der Waals surface area contributed by atoms with E-state index in [1.807, 2.05) is 0 Å². The summed E-state index contributed by atoms with van der Waals surface area (Å²) in [4.78, 5) is 14.8. The van der Waals surface area contributed by atoms with Gasteiger partial charge in [0.2, 0.25) is 5.91 Å². The molecule has 3 nitrogen and oxygen atoms in total. The van der Waals surface area contributed by atoms with Crippen LogP contribution in [0.4, 0.5) is 0 Å². The van der Waals surface area contributed by atoms with Gasteiger partial charge in [0.1, 0.15) is 0 Å². The Morgan fingerprint density at radius 3 is 2.55 bits per heavy atom. The van der Waals surface area contributed by atoms with Gasteiger partial charge in [0, 0.05) is 13.1 Å². The highest BCUT2D eigenvalue weighted by atomic mass is 16.2. The minimum atomic E-state index is 0.142. The molecule has 3 rings (SSSR count). The molecule has 1 aromatic rings. The molecule has 1 N–H and O–H groups in total. The fraction of sp³-hybridized carbons (Fsp3) is 0.588. The number of likely N-dealkylation sites (tertiary alicyclic amines) is 1. The number of nitrogens with zero attached hydrogens (tertiary/aromatic N) is 1. The molecular formula is C17H24N2O. The Labute approximate surface area is 121 Å². The Bertz CT molecular complexity index is 513. The molecular weight excluding hydrogens is 248 g/mol. The molecule has 2 aliphatic rings. The quantitative estimate of drug-likeness (QED) is 0.897. The van der Waals surface area contributed by atoms with Crippen molar-refractivity contribution in [2.24, 2.45) is 11.8 Å². The van der Waals surface area contributed by atoms with Crippen molar-refractivity contribution in [3.8, 4) is 0 Å². The van der Waals surface area contributed by atoms with Crippen LogP contribution in [0.15, 0.2) is 24.3 Å². The molecule has 1 aliphatic carbocycles. The molecule has 1 fully saturated rings. The van der Waals surface area contributed by atoms with Crippen LogP contribution in [-0.4, -0.2) is 30.9 Å². The molecule has 1 heterocycles. The molecule has 20 heavy (non-hydrogen) atoms. The Balaban J connectivity index is 1.72. The Kier molecular flexibility index (Phi) is 3.55. The first-order chi connectivity index (χ1) is 9.56. The molecule has 1 amide bonds. The zero-order valence-electron chi connectivity index (χ0n) is 12.6. The van der Waals surface area contributed by atoms with Crippen LogP contribution in [0.5, 0.6) is 0 Å². The summed E-state index contributed by atoms with van der Waals surface area (Å²) < 4.78 is 0. The summed E-state index contributed by atoms with van der Waals surface area (Å²) in [6.45, 7) is 6.34. The number of hydrogen-bond donors (Lipinski definition) is 1. The van der Waals surface area contributed by atoms with Gasteiger partial charge in [-0.2, -0.15) is 0 Å². The topological polar surface area (TPSA) is 32.3 Å². The molecule has 1 aromatic carbocycles. The summed E-state index contributed by atoms with van der Waals surface area (Å²) in [6.07, 6.45) is 1.03. The van der Waals surface area contributed by atoms with Crippen molar-refractivity contribution in [2.45, 2.75) is 32.2 Å². The molecule has 0 spiro atoms. The van der Waals surface area contributed by atoms with Crippen LogP contribution in [0.1, 0.15) is 43.4 Å². The van der Waals surface area contributed by atoms with Crippen molar-refractivity contribution >= 4 is 5.91 Å². The van der Waals surface area contributed by atoms with Crippen molar-refractivity contribution in [3.05, 3.63) is 35.4 Å². The average molecular weight is 272 g/mol. The highest BCUT2D eigenvalue weighted by Crippen LogP contribution is 2.40. The second-order valence-corrected chi connectivity index (χ2v) is 6.63. The number of fused-ring (bicyclic) bond motifs is 1. The number of amides is 1. The van der Waals surface area contributed by atoms with Gasteiger partial charge in [-0.1, -0.05) is 38.1 Å². The van der Waals surface area contributed by atoms with Crippen LogP contribution < -0.4 is 5.32 Å².